The van der Waals surface area contributed by atoms with Crippen molar-refractivity contribution in [2.75, 3.05) is 6.61 Å². The van der Waals surface area contributed by atoms with E-state index in [2.05, 4.69) is 10.0 Å². The van der Waals surface area contributed by atoms with Crippen molar-refractivity contribution >= 4 is 21.9 Å². The maximum Gasteiger partial charge on any atom is 0.338 e. The normalized spacial score (nSPS) is 12.6. The van der Waals surface area contributed by atoms with Gasteiger partial charge in [-0.25, -0.2) is 17.9 Å². The highest BCUT2D eigenvalue weighted by molar-refractivity contribution is 7.89. The minimum Gasteiger partial charge on any atom is -0.468 e. The van der Waals surface area contributed by atoms with Crippen molar-refractivity contribution in [2.24, 2.45) is 5.92 Å². The standard InChI is InChI=1S/C19H24N2O6S/c1-13(2)14(3)21-18(22)12-27-19(23)15-6-4-8-17(10-15)28(24,25)20-11-16-7-5-9-26-16/h4-10,13-14,20H,11-12H2,1-3H3,(H,21,22)/t14-/m0/s1. The molecule has 0 aliphatic carbocycles. The first-order valence-electron chi connectivity index (χ1n) is 8.77. The Labute approximate surface area is 164 Å². The van der Waals surface area contributed by atoms with Gasteiger partial charge in [0.1, 0.15) is 5.76 Å². The number of nitrogens with one attached hydrogen (secondary N) is 2. The average Bonchev–Trinajstić information content (AvgIpc) is 3.18. The maximum atomic E-state index is 12.4. The van der Waals surface area contributed by atoms with Crippen LogP contribution < -0.4 is 10.0 Å². The topological polar surface area (TPSA) is 115 Å². The van der Waals surface area contributed by atoms with Gasteiger partial charge in [-0.15, -0.1) is 0 Å². The Kier molecular flexibility index (Phi) is 7.36. The number of carbonyl (C=O) groups excluding carboxylic acids is 2. The molecule has 0 saturated heterocycles. The van der Waals surface area contributed by atoms with Crippen molar-refractivity contribution in [1.82, 2.24) is 10.0 Å². The summed E-state index contributed by atoms with van der Waals surface area (Å²) in [5.74, 6) is -0.495. The molecule has 1 heterocycles. The van der Waals surface area contributed by atoms with Gasteiger partial charge in [0.05, 0.1) is 23.3 Å². The van der Waals surface area contributed by atoms with Crippen LogP contribution in [0.2, 0.25) is 0 Å². The number of esters is 1. The van der Waals surface area contributed by atoms with Crippen LogP contribution in [-0.2, 0) is 26.1 Å². The Morgan fingerprint density at radius 3 is 2.54 bits per heavy atom. The Morgan fingerprint density at radius 1 is 1.14 bits per heavy atom. The van der Waals surface area contributed by atoms with Gasteiger partial charge in [0.2, 0.25) is 10.0 Å². The number of ether oxygens (including phenoxy) is 1. The van der Waals surface area contributed by atoms with Crippen LogP contribution >= 0.6 is 0 Å². The lowest BCUT2D eigenvalue weighted by molar-refractivity contribution is -0.125. The molecule has 1 aromatic carbocycles. The van der Waals surface area contributed by atoms with E-state index in [1.165, 1.54) is 30.5 Å². The molecule has 0 saturated carbocycles. The van der Waals surface area contributed by atoms with Crippen molar-refractivity contribution in [3.8, 4) is 0 Å². The minimum absolute atomic E-state index is 0.0157. The zero-order valence-electron chi connectivity index (χ0n) is 16.0. The smallest absolute Gasteiger partial charge is 0.338 e. The second-order valence-electron chi connectivity index (χ2n) is 6.61. The van der Waals surface area contributed by atoms with Crippen molar-refractivity contribution in [1.29, 1.82) is 0 Å². The van der Waals surface area contributed by atoms with Crippen LogP contribution in [-0.4, -0.2) is 32.9 Å². The summed E-state index contributed by atoms with van der Waals surface area (Å²) in [6, 6.07) is 8.64. The number of sulfonamides is 1. The average molecular weight is 408 g/mol. The lowest BCUT2D eigenvalue weighted by atomic mass is 10.1. The zero-order chi connectivity index (χ0) is 20.7. The van der Waals surface area contributed by atoms with Gasteiger partial charge in [-0.05, 0) is 43.2 Å². The summed E-state index contributed by atoms with van der Waals surface area (Å²) < 4.78 is 37.2. The lowest BCUT2D eigenvalue weighted by Gasteiger charge is -2.17. The van der Waals surface area contributed by atoms with E-state index in [-0.39, 0.29) is 29.0 Å². The molecule has 8 nitrogen and oxygen atoms in total. The Morgan fingerprint density at radius 2 is 1.89 bits per heavy atom. The van der Waals surface area contributed by atoms with Gasteiger partial charge in [-0.1, -0.05) is 19.9 Å². The van der Waals surface area contributed by atoms with Crippen molar-refractivity contribution in [3.63, 3.8) is 0 Å². The summed E-state index contributed by atoms with van der Waals surface area (Å²) in [4.78, 5) is 23.9. The third kappa shape index (κ3) is 6.21. The van der Waals surface area contributed by atoms with E-state index in [9.17, 15) is 18.0 Å². The number of rotatable bonds is 9. The Balaban J connectivity index is 1.97. The van der Waals surface area contributed by atoms with Gasteiger partial charge in [-0.2, -0.15) is 0 Å². The number of benzene rings is 1. The van der Waals surface area contributed by atoms with Gasteiger partial charge in [-0.3, -0.25) is 4.79 Å². The van der Waals surface area contributed by atoms with E-state index in [1.807, 2.05) is 20.8 Å². The number of carbonyl (C=O) groups is 2. The highest BCUT2D eigenvalue weighted by Gasteiger charge is 2.18. The van der Waals surface area contributed by atoms with Crippen LogP contribution in [0, 0.1) is 5.92 Å². The van der Waals surface area contributed by atoms with E-state index in [0.29, 0.717) is 5.76 Å². The Bertz CT molecular complexity index is 906. The molecule has 1 aromatic heterocycles. The summed E-state index contributed by atoms with van der Waals surface area (Å²) in [6.07, 6.45) is 1.44. The largest absolute Gasteiger partial charge is 0.468 e. The lowest BCUT2D eigenvalue weighted by Crippen LogP contribution is -2.38. The molecule has 28 heavy (non-hydrogen) atoms. The van der Waals surface area contributed by atoms with Crippen LogP contribution in [0.25, 0.3) is 0 Å². The molecule has 1 atom stereocenters. The summed E-state index contributed by atoms with van der Waals surface area (Å²) in [5, 5.41) is 2.72. The number of furan rings is 1. The molecule has 0 aliphatic heterocycles. The molecule has 0 aliphatic rings. The van der Waals surface area contributed by atoms with E-state index >= 15 is 0 Å². The molecule has 1 amide bonds. The second kappa shape index (κ2) is 9.52. The van der Waals surface area contributed by atoms with E-state index in [0.717, 1.165) is 0 Å². The van der Waals surface area contributed by atoms with Crippen molar-refractivity contribution in [3.05, 3.63) is 54.0 Å². The molecule has 0 fully saturated rings. The Hall–Kier alpha value is -2.65. The monoisotopic (exact) mass is 408 g/mol. The van der Waals surface area contributed by atoms with Gasteiger partial charge < -0.3 is 14.5 Å². The predicted octanol–water partition coefficient (Wildman–Crippen LogP) is 2.08. The molecule has 2 aromatic rings. The van der Waals surface area contributed by atoms with Gasteiger partial charge in [0.25, 0.3) is 5.91 Å². The third-order valence-corrected chi connectivity index (χ3v) is 5.52. The summed E-state index contributed by atoms with van der Waals surface area (Å²) in [7, 11) is -3.85. The van der Waals surface area contributed by atoms with E-state index in [1.54, 1.807) is 12.1 Å². The summed E-state index contributed by atoms with van der Waals surface area (Å²) in [5.41, 5.74) is 0.0329. The molecule has 2 N–H and O–H groups in total. The van der Waals surface area contributed by atoms with Crippen molar-refractivity contribution in [2.45, 2.75) is 38.3 Å². The number of amides is 1. The van der Waals surface area contributed by atoms with Crippen molar-refractivity contribution < 1.29 is 27.2 Å². The second-order valence-corrected chi connectivity index (χ2v) is 8.38. The van der Waals surface area contributed by atoms with Crippen LogP contribution in [0.3, 0.4) is 0 Å². The van der Waals surface area contributed by atoms with Crippen LogP contribution in [0.15, 0.2) is 52.0 Å². The van der Waals surface area contributed by atoms with Crippen LogP contribution in [0.1, 0.15) is 36.9 Å². The molecular formula is C19H24N2O6S. The van der Waals surface area contributed by atoms with E-state index in [4.69, 9.17) is 9.15 Å². The summed E-state index contributed by atoms with van der Waals surface area (Å²) >= 11 is 0. The quantitative estimate of drug-likeness (QED) is 0.614. The van der Waals surface area contributed by atoms with Crippen LogP contribution in [0.5, 0.6) is 0 Å². The first-order chi connectivity index (χ1) is 13.2. The van der Waals surface area contributed by atoms with Gasteiger partial charge in [0.15, 0.2) is 6.61 Å². The van der Waals surface area contributed by atoms with E-state index < -0.39 is 28.5 Å². The SMILES string of the molecule is CC(C)[C@H](C)NC(=O)COC(=O)c1cccc(S(=O)(=O)NCc2ccco2)c1. The summed E-state index contributed by atoms with van der Waals surface area (Å²) in [6.45, 7) is 5.32. The first-order valence-corrected chi connectivity index (χ1v) is 10.3. The van der Waals surface area contributed by atoms with Gasteiger partial charge in [0, 0.05) is 6.04 Å². The van der Waals surface area contributed by atoms with Crippen LogP contribution in [0.4, 0.5) is 0 Å². The molecule has 0 radical (unpaired) electrons. The maximum absolute atomic E-state index is 12.4. The zero-order valence-corrected chi connectivity index (χ0v) is 16.8. The highest BCUT2D eigenvalue weighted by Crippen LogP contribution is 2.13. The molecule has 152 valence electrons. The predicted molar refractivity (Wildman–Crippen MR) is 102 cm³/mol. The first kappa shape index (κ1) is 21.6. The van der Waals surface area contributed by atoms with Gasteiger partial charge >= 0.3 is 5.97 Å². The molecule has 2 rings (SSSR count). The minimum atomic E-state index is -3.85. The number of hydrogen-bond acceptors (Lipinski definition) is 6. The highest BCUT2D eigenvalue weighted by atomic mass is 32.2. The molecule has 0 bridgehead atoms. The molecular weight excluding hydrogens is 384 g/mol. The molecule has 0 spiro atoms. The third-order valence-electron chi connectivity index (χ3n) is 4.12. The number of hydrogen-bond donors (Lipinski definition) is 2. The molecule has 9 heteroatoms. The fourth-order valence-corrected chi connectivity index (χ4v) is 3.17. The fraction of sp³-hybridized carbons (Fsp3) is 0.368. The molecule has 0 unspecified atom stereocenters. The fourth-order valence-electron chi connectivity index (χ4n) is 2.13.